The van der Waals surface area contributed by atoms with Crippen molar-refractivity contribution in [2.24, 2.45) is 0 Å². The number of carbonyl (C=O) groups excluding carboxylic acids is 1. The van der Waals surface area contributed by atoms with E-state index in [2.05, 4.69) is 51.2 Å². The van der Waals surface area contributed by atoms with E-state index in [0.717, 1.165) is 12.8 Å². The van der Waals surface area contributed by atoms with Crippen LogP contribution in [0.4, 0.5) is 0 Å². The standard InChI is InChI=1S/C31H48O2Si/c1-5-7-9-10-11-12-15-28-19-23-30(24-20-28)33-31(32)29-21-17-27(18-22-29)16-13-14-26-34(3,4)25-8-6-2/h17-24H,5-16,25-26H2,1-4H3. The minimum atomic E-state index is -1.00. The van der Waals surface area contributed by atoms with Crippen LogP contribution < -0.4 is 4.74 Å². The second kappa shape index (κ2) is 15.9. The molecule has 0 saturated heterocycles. The molecule has 0 bridgehead atoms. The van der Waals surface area contributed by atoms with Crippen molar-refractivity contribution < 1.29 is 9.53 Å². The Labute approximate surface area is 210 Å². The lowest BCUT2D eigenvalue weighted by atomic mass is 10.0. The zero-order valence-corrected chi connectivity index (χ0v) is 23.3. The molecule has 0 aliphatic rings. The van der Waals surface area contributed by atoms with Crippen LogP contribution in [0.1, 0.15) is 99.5 Å². The van der Waals surface area contributed by atoms with Crippen LogP contribution in [0, 0.1) is 0 Å². The summed E-state index contributed by atoms with van der Waals surface area (Å²) >= 11 is 0. The maximum Gasteiger partial charge on any atom is 0.343 e. The van der Waals surface area contributed by atoms with Gasteiger partial charge in [0.25, 0.3) is 0 Å². The van der Waals surface area contributed by atoms with Crippen molar-refractivity contribution in [3.05, 3.63) is 65.2 Å². The van der Waals surface area contributed by atoms with Crippen LogP contribution in [-0.2, 0) is 12.8 Å². The second-order valence-electron chi connectivity index (χ2n) is 10.7. The average Bonchev–Trinajstić information content (AvgIpc) is 2.84. The van der Waals surface area contributed by atoms with Crippen molar-refractivity contribution in [3.63, 3.8) is 0 Å². The number of aryl methyl sites for hydroxylation is 2. The molecule has 0 heterocycles. The van der Waals surface area contributed by atoms with E-state index in [-0.39, 0.29) is 5.97 Å². The Morgan fingerprint density at radius 1 is 0.647 bits per heavy atom. The van der Waals surface area contributed by atoms with Crippen molar-refractivity contribution >= 4 is 14.0 Å². The van der Waals surface area contributed by atoms with Crippen LogP contribution >= 0.6 is 0 Å². The lowest BCUT2D eigenvalue weighted by molar-refractivity contribution is 0.0734. The fourth-order valence-electron chi connectivity index (χ4n) is 4.52. The topological polar surface area (TPSA) is 26.3 Å². The van der Waals surface area contributed by atoms with E-state index < -0.39 is 8.07 Å². The molecule has 0 unspecified atom stereocenters. The number of esters is 1. The van der Waals surface area contributed by atoms with E-state index in [9.17, 15) is 4.79 Å². The Morgan fingerprint density at radius 3 is 1.76 bits per heavy atom. The molecule has 34 heavy (non-hydrogen) atoms. The van der Waals surface area contributed by atoms with Gasteiger partial charge in [-0.15, -0.1) is 0 Å². The first-order chi connectivity index (χ1) is 16.4. The number of benzene rings is 2. The molecule has 0 aliphatic carbocycles. The van der Waals surface area contributed by atoms with E-state index >= 15 is 0 Å². The lowest BCUT2D eigenvalue weighted by Crippen LogP contribution is -2.24. The van der Waals surface area contributed by atoms with Crippen molar-refractivity contribution in [3.8, 4) is 5.75 Å². The summed E-state index contributed by atoms with van der Waals surface area (Å²) in [6.45, 7) is 9.61. The highest BCUT2D eigenvalue weighted by Crippen LogP contribution is 2.22. The maximum atomic E-state index is 12.5. The third-order valence-corrected chi connectivity index (χ3v) is 10.3. The molecule has 0 radical (unpaired) electrons. The van der Waals surface area contributed by atoms with Crippen molar-refractivity contribution in [2.45, 2.75) is 116 Å². The molecule has 2 aromatic rings. The zero-order chi connectivity index (χ0) is 24.7. The van der Waals surface area contributed by atoms with Gasteiger partial charge in [-0.3, -0.25) is 0 Å². The van der Waals surface area contributed by atoms with Gasteiger partial charge in [0.1, 0.15) is 5.75 Å². The van der Waals surface area contributed by atoms with E-state index in [1.807, 2.05) is 24.3 Å². The van der Waals surface area contributed by atoms with Gasteiger partial charge in [0.05, 0.1) is 5.56 Å². The predicted octanol–water partition coefficient (Wildman–Crippen LogP) is 9.64. The summed E-state index contributed by atoms with van der Waals surface area (Å²) < 4.78 is 5.60. The number of hydrogen-bond donors (Lipinski definition) is 0. The average molecular weight is 481 g/mol. The first kappa shape index (κ1) is 28.4. The first-order valence-corrected chi connectivity index (χ1v) is 17.2. The van der Waals surface area contributed by atoms with Gasteiger partial charge in [-0.2, -0.15) is 0 Å². The van der Waals surface area contributed by atoms with Gasteiger partial charge in [0.15, 0.2) is 0 Å². The largest absolute Gasteiger partial charge is 0.423 e. The highest BCUT2D eigenvalue weighted by Gasteiger charge is 2.18. The molecule has 0 spiro atoms. The minimum absolute atomic E-state index is 0.279. The maximum absolute atomic E-state index is 12.5. The first-order valence-electron chi connectivity index (χ1n) is 13.8. The summed E-state index contributed by atoms with van der Waals surface area (Å²) in [5, 5.41) is 0. The molecule has 0 aromatic heterocycles. The fraction of sp³-hybridized carbons (Fsp3) is 0.581. The lowest BCUT2D eigenvalue weighted by Gasteiger charge is -2.21. The molecular formula is C31H48O2Si. The van der Waals surface area contributed by atoms with E-state index in [1.54, 1.807) is 0 Å². The number of unbranched alkanes of at least 4 members (excludes halogenated alkanes) is 7. The molecule has 0 N–H and O–H groups in total. The van der Waals surface area contributed by atoms with E-state index in [1.165, 1.54) is 87.4 Å². The van der Waals surface area contributed by atoms with Crippen LogP contribution in [0.15, 0.2) is 48.5 Å². The Balaban J connectivity index is 1.71. The van der Waals surface area contributed by atoms with Crippen molar-refractivity contribution in [1.82, 2.24) is 0 Å². The van der Waals surface area contributed by atoms with Crippen LogP contribution in [-0.4, -0.2) is 14.0 Å². The summed E-state index contributed by atoms with van der Waals surface area (Å²) in [6.07, 6.45) is 15.3. The predicted molar refractivity (Wildman–Crippen MR) is 150 cm³/mol. The SMILES string of the molecule is CCCCCCCCc1ccc(OC(=O)c2ccc(CCCC[Si](C)(C)CCCC)cc2)cc1. The number of rotatable bonds is 17. The fourth-order valence-corrected chi connectivity index (χ4v) is 7.29. The quantitative estimate of drug-likeness (QED) is 0.0974. The molecular weight excluding hydrogens is 432 g/mol. The van der Waals surface area contributed by atoms with Crippen molar-refractivity contribution in [2.75, 3.05) is 0 Å². The molecule has 0 aliphatic heterocycles. The third kappa shape index (κ3) is 11.5. The van der Waals surface area contributed by atoms with Crippen LogP contribution in [0.5, 0.6) is 5.75 Å². The Kier molecular flexibility index (Phi) is 13.3. The van der Waals surface area contributed by atoms with Gasteiger partial charge in [0.2, 0.25) is 0 Å². The highest BCUT2D eigenvalue weighted by molar-refractivity contribution is 6.77. The summed E-state index contributed by atoms with van der Waals surface area (Å²) in [5.74, 6) is 0.342. The third-order valence-electron chi connectivity index (χ3n) is 6.92. The highest BCUT2D eigenvalue weighted by atomic mass is 28.3. The summed E-state index contributed by atoms with van der Waals surface area (Å²) in [4.78, 5) is 12.5. The summed E-state index contributed by atoms with van der Waals surface area (Å²) in [7, 11) is -1.00. The molecule has 0 fully saturated rings. The van der Waals surface area contributed by atoms with Gasteiger partial charge in [-0.05, 0) is 61.1 Å². The van der Waals surface area contributed by atoms with Gasteiger partial charge >= 0.3 is 5.97 Å². The molecule has 2 rings (SSSR count). The summed E-state index contributed by atoms with van der Waals surface area (Å²) in [6, 6.07) is 18.9. The Morgan fingerprint density at radius 2 is 1.15 bits per heavy atom. The number of hydrogen-bond acceptors (Lipinski definition) is 2. The van der Waals surface area contributed by atoms with Gasteiger partial charge in [-0.1, -0.05) is 115 Å². The zero-order valence-electron chi connectivity index (χ0n) is 22.3. The normalized spacial score (nSPS) is 11.5. The number of carbonyl (C=O) groups is 1. The van der Waals surface area contributed by atoms with Crippen LogP contribution in [0.25, 0.3) is 0 Å². The summed E-state index contributed by atoms with van der Waals surface area (Å²) in [5.41, 5.74) is 3.24. The van der Waals surface area contributed by atoms with E-state index in [0.29, 0.717) is 11.3 Å². The smallest absolute Gasteiger partial charge is 0.343 e. The van der Waals surface area contributed by atoms with Crippen LogP contribution in [0.2, 0.25) is 25.2 Å². The molecule has 3 heteroatoms. The minimum Gasteiger partial charge on any atom is -0.423 e. The molecule has 0 saturated carbocycles. The molecule has 2 aromatic carbocycles. The molecule has 0 atom stereocenters. The Hall–Kier alpha value is -1.87. The van der Waals surface area contributed by atoms with Gasteiger partial charge < -0.3 is 4.74 Å². The molecule has 2 nitrogen and oxygen atoms in total. The monoisotopic (exact) mass is 480 g/mol. The van der Waals surface area contributed by atoms with Crippen LogP contribution in [0.3, 0.4) is 0 Å². The van der Waals surface area contributed by atoms with Crippen molar-refractivity contribution in [1.29, 1.82) is 0 Å². The number of ether oxygens (including phenoxy) is 1. The molecule has 0 amide bonds. The van der Waals surface area contributed by atoms with Gasteiger partial charge in [-0.25, -0.2) is 4.79 Å². The van der Waals surface area contributed by atoms with Gasteiger partial charge in [0, 0.05) is 8.07 Å². The Bertz CT molecular complexity index is 808. The second-order valence-corrected chi connectivity index (χ2v) is 16.1. The van der Waals surface area contributed by atoms with E-state index in [4.69, 9.17) is 4.74 Å². The molecule has 188 valence electrons.